The van der Waals surface area contributed by atoms with Crippen LogP contribution >= 0.6 is 0 Å². The van der Waals surface area contributed by atoms with Gasteiger partial charge in [-0.1, -0.05) is 24.1 Å². The first-order valence-electron chi connectivity index (χ1n) is 10.8. The van der Waals surface area contributed by atoms with E-state index in [1.54, 1.807) is 24.3 Å². The third-order valence-electron chi connectivity index (χ3n) is 4.96. The van der Waals surface area contributed by atoms with E-state index in [9.17, 15) is 29.1 Å². The molecule has 12 nitrogen and oxygen atoms in total. The molecule has 1 aliphatic rings. The molecular weight excluding hydrogens is 460 g/mol. The van der Waals surface area contributed by atoms with Gasteiger partial charge in [-0.2, -0.15) is 0 Å². The number of carbonyl (C=O) groups excluding carboxylic acids is 2. The monoisotopic (exact) mass is 490 g/mol. The highest BCUT2D eigenvalue weighted by Gasteiger charge is 2.24. The number of urea groups is 2. The number of hydrogen-bond donors (Lipinski definition) is 7. The molecule has 0 aromatic carbocycles. The summed E-state index contributed by atoms with van der Waals surface area (Å²) >= 11 is 0. The van der Waals surface area contributed by atoms with Gasteiger partial charge in [0, 0.05) is 18.7 Å². The molecule has 7 N–H and O–H groups in total. The van der Waals surface area contributed by atoms with Crippen LogP contribution in [0.1, 0.15) is 39.0 Å². The quantitative estimate of drug-likeness (QED) is 0.148. The first kappa shape index (κ1) is 28.8. The molecule has 35 heavy (non-hydrogen) atoms. The van der Waals surface area contributed by atoms with E-state index in [0.717, 1.165) is 0 Å². The van der Waals surface area contributed by atoms with Gasteiger partial charge in [0.05, 0.1) is 5.41 Å². The third-order valence-corrected chi connectivity index (χ3v) is 4.96. The van der Waals surface area contributed by atoms with Crippen LogP contribution in [0.5, 0.6) is 0 Å². The molecule has 0 heterocycles. The van der Waals surface area contributed by atoms with Gasteiger partial charge < -0.3 is 36.6 Å². The van der Waals surface area contributed by atoms with Crippen LogP contribution in [0.2, 0.25) is 0 Å². The Kier molecular flexibility index (Phi) is 11.6. The summed E-state index contributed by atoms with van der Waals surface area (Å²) < 4.78 is 0. The lowest BCUT2D eigenvalue weighted by molar-refractivity contribution is -0.140. The van der Waals surface area contributed by atoms with Crippen LogP contribution < -0.4 is 21.3 Å². The van der Waals surface area contributed by atoms with Crippen molar-refractivity contribution in [1.29, 1.82) is 0 Å². The number of rotatable bonds is 13. The van der Waals surface area contributed by atoms with Crippen molar-refractivity contribution < 1.29 is 39.3 Å². The summed E-state index contributed by atoms with van der Waals surface area (Å²) in [6, 6.07) is -4.26. The van der Waals surface area contributed by atoms with Crippen molar-refractivity contribution in [3.8, 4) is 12.3 Å². The molecule has 0 radical (unpaired) electrons. The first-order chi connectivity index (χ1) is 16.5. The summed E-state index contributed by atoms with van der Waals surface area (Å²) in [7, 11) is 0. The maximum atomic E-state index is 12.1. The molecule has 0 aromatic heterocycles. The molecule has 190 valence electrons. The van der Waals surface area contributed by atoms with Gasteiger partial charge in [-0.25, -0.2) is 19.2 Å². The predicted molar refractivity (Wildman–Crippen MR) is 125 cm³/mol. The molecule has 0 aliphatic heterocycles. The number of amides is 4. The Balaban J connectivity index is 2.40. The summed E-state index contributed by atoms with van der Waals surface area (Å²) in [5, 5.41) is 36.5. The summed E-state index contributed by atoms with van der Waals surface area (Å²) in [5.74, 6) is -1.34. The van der Waals surface area contributed by atoms with Gasteiger partial charge >= 0.3 is 30.0 Å². The van der Waals surface area contributed by atoms with Crippen LogP contribution in [0.4, 0.5) is 9.59 Å². The zero-order valence-electron chi connectivity index (χ0n) is 19.2. The highest BCUT2D eigenvalue weighted by atomic mass is 16.4. The lowest BCUT2D eigenvalue weighted by atomic mass is 9.91. The fourth-order valence-corrected chi connectivity index (χ4v) is 2.90. The molecule has 4 amide bonds. The van der Waals surface area contributed by atoms with E-state index in [0.29, 0.717) is 18.5 Å². The van der Waals surface area contributed by atoms with E-state index < -0.39 is 53.9 Å². The van der Waals surface area contributed by atoms with E-state index >= 15 is 0 Å². The average Bonchev–Trinajstić information content (AvgIpc) is 2.96. The second-order valence-electron chi connectivity index (χ2n) is 7.95. The topological polar surface area (TPSA) is 194 Å². The van der Waals surface area contributed by atoms with Crippen LogP contribution in [0, 0.1) is 17.8 Å². The Bertz CT molecular complexity index is 950. The molecule has 0 fully saturated rings. The highest BCUT2D eigenvalue weighted by molar-refractivity contribution is 5.86. The zero-order chi connectivity index (χ0) is 26.4. The Labute approximate surface area is 202 Å². The highest BCUT2D eigenvalue weighted by Crippen LogP contribution is 2.21. The van der Waals surface area contributed by atoms with Crippen molar-refractivity contribution in [3.05, 3.63) is 36.1 Å². The first-order valence-corrected chi connectivity index (χ1v) is 10.8. The number of nitrogens with one attached hydrogen (secondary N) is 4. The van der Waals surface area contributed by atoms with Crippen molar-refractivity contribution in [2.45, 2.75) is 51.1 Å². The largest absolute Gasteiger partial charge is 0.481 e. The van der Waals surface area contributed by atoms with Crippen LogP contribution in [0.3, 0.4) is 0 Å². The normalized spacial score (nSPS) is 18.1. The van der Waals surface area contributed by atoms with E-state index in [4.69, 9.17) is 16.6 Å². The number of allylic oxidation sites excluding steroid dienone is 5. The Morgan fingerprint density at radius 3 is 2.17 bits per heavy atom. The standard InChI is InChI=1S/C23H30N4O8/c1-3-23(2)12-6-7-15(11-13-23)25-21(34)24-14-5-4-8-16(19(30)31)26-22(35)27-17(20(32)33)9-10-18(28)29/h1,6-7,11-13,16-17H,4-5,8-10,14H2,2H3,(H,28,29)(H,30,31)(H,32,33)(H2,24,25,34)(H2,26,27,35). The molecule has 0 saturated heterocycles. The SMILES string of the molecule is C#CC1(C)C=CC=C(NC(=O)NCCCCC(NC(=O)NC(CCC(=O)O)C(=O)O)C(=O)O)C=C1. The number of terminal acetylenes is 1. The molecule has 3 atom stereocenters. The number of hydrogen-bond acceptors (Lipinski definition) is 5. The van der Waals surface area contributed by atoms with Crippen molar-refractivity contribution >= 4 is 30.0 Å². The molecule has 1 aliphatic carbocycles. The minimum Gasteiger partial charge on any atom is -0.481 e. The molecule has 3 unspecified atom stereocenters. The second kappa shape index (κ2) is 14.1. The molecular formula is C23H30N4O8. The van der Waals surface area contributed by atoms with Crippen molar-refractivity contribution in [2.24, 2.45) is 5.41 Å². The minimum atomic E-state index is -1.47. The van der Waals surface area contributed by atoms with E-state index in [-0.39, 0.29) is 19.4 Å². The fourth-order valence-electron chi connectivity index (χ4n) is 2.90. The fraction of sp³-hybridized carbons (Fsp3) is 0.435. The Hall–Kier alpha value is -4.27. The molecule has 0 saturated carbocycles. The number of carboxylic acid groups (broad SMARTS) is 3. The van der Waals surface area contributed by atoms with Gasteiger partial charge in [-0.3, -0.25) is 4.79 Å². The van der Waals surface area contributed by atoms with Crippen molar-refractivity contribution in [3.63, 3.8) is 0 Å². The number of aliphatic carboxylic acids is 3. The smallest absolute Gasteiger partial charge is 0.326 e. The number of carbonyl (C=O) groups is 5. The third kappa shape index (κ3) is 11.4. The lowest BCUT2D eigenvalue weighted by Gasteiger charge is -2.18. The lowest BCUT2D eigenvalue weighted by Crippen LogP contribution is -2.51. The predicted octanol–water partition coefficient (Wildman–Crippen LogP) is 1.18. The second-order valence-corrected chi connectivity index (χ2v) is 7.95. The molecule has 0 aromatic rings. The van der Waals surface area contributed by atoms with Crippen LogP contribution in [0.25, 0.3) is 0 Å². The molecule has 1 rings (SSSR count). The molecule has 0 bridgehead atoms. The Morgan fingerprint density at radius 1 is 0.971 bits per heavy atom. The van der Waals surface area contributed by atoms with Gasteiger partial charge in [-0.15, -0.1) is 6.42 Å². The summed E-state index contributed by atoms with van der Waals surface area (Å²) in [6.07, 6.45) is 14.2. The van der Waals surface area contributed by atoms with Crippen LogP contribution in [-0.2, 0) is 14.4 Å². The Morgan fingerprint density at radius 2 is 1.60 bits per heavy atom. The number of unbranched alkanes of at least 4 members (excludes halogenated alkanes) is 1. The summed E-state index contributed by atoms with van der Waals surface area (Å²) in [4.78, 5) is 57.2. The summed E-state index contributed by atoms with van der Waals surface area (Å²) in [6.45, 7) is 2.10. The maximum absolute atomic E-state index is 12.1. The van der Waals surface area contributed by atoms with Crippen LogP contribution in [0.15, 0.2) is 36.1 Å². The van der Waals surface area contributed by atoms with E-state index in [1.807, 2.05) is 13.0 Å². The van der Waals surface area contributed by atoms with E-state index in [2.05, 4.69) is 27.2 Å². The van der Waals surface area contributed by atoms with Gasteiger partial charge in [0.1, 0.15) is 12.1 Å². The van der Waals surface area contributed by atoms with Gasteiger partial charge in [0.15, 0.2) is 0 Å². The number of carboxylic acids is 3. The molecule has 0 spiro atoms. The van der Waals surface area contributed by atoms with Gasteiger partial charge in [0.2, 0.25) is 0 Å². The van der Waals surface area contributed by atoms with Crippen molar-refractivity contribution in [1.82, 2.24) is 21.3 Å². The maximum Gasteiger partial charge on any atom is 0.326 e. The summed E-state index contributed by atoms with van der Waals surface area (Å²) in [5.41, 5.74) is -0.00317. The molecule has 12 heteroatoms. The minimum absolute atomic E-state index is 0.0300. The van der Waals surface area contributed by atoms with Gasteiger partial charge in [0.25, 0.3) is 0 Å². The zero-order valence-corrected chi connectivity index (χ0v) is 19.2. The van der Waals surface area contributed by atoms with Crippen LogP contribution in [-0.4, -0.2) is 63.9 Å². The van der Waals surface area contributed by atoms with E-state index in [1.165, 1.54) is 0 Å². The average molecular weight is 491 g/mol. The van der Waals surface area contributed by atoms with Crippen molar-refractivity contribution in [2.75, 3.05) is 6.54 Å². The van der Waals surface area contributed by atoms with Gasteiger partial charge in [-0.05, 0) is 44.8 Å².